The summed E-state index contributed by atoms with van der Waals surface area (Å²) in [6.45, 7) is 0. The number of ether oxygens (including phenoxy) is 1. The van der Waals surface area contributed by atoms with Crippen LogP contribution in [0.5, 0.6) is 5.75 Å². The Kier molecular flexibility index (Phi) is 4.90. The van der Waals surface area contributed by atoms with Gasteiger partial charge < -0.3 is 9.84 Å². The summed E-state index contributed by atoms with van der Waals surface area (Å²) in [7, 11) is 1.52. The van der Waals surface area contributed by atoms with Crippen LogP contribution in [0.25, 0.3) is 0 Å². The van der Waals surface area contributed by atoms with Crippen LogP contribution in [0.15, 0.2) is 34.8 Å². The van der Waals surface area contributed by atoms with E-state index in [1.165, 1.54) is 7.11 Å². The largest absolute Gasteiger partial charge is 0.496 e. The van der Waals surface area contributed by atoms with Gasteiger partial charge in [-0.1, -0.05) is 6.07 Å². The summed E-state index contributed by atoms with van der Waals surface area (Å²) in [6.07, 6.45) is -1.22. The molecule has 2 nitrogen and oxygen atoms in total. The van der Waals surface area contributed by atoms with E-state index in [1.54, 1.807) is 18.2 Å². The maximum absolute atomic E-state index is 13.6. The van der Waals surface area contributed by atoms with Gasteiger partial charge in [0.2, 0.25) is 0 Å². The van der Waals surface area contributed by atoms with Gasteiger partial charge in [0.05, 0.1) is 17.7 Å². The minimum atomic E-state index is -1.28. The summed E-state index contributed by atoms with van der Waals surface area (Å²) in [6, 6.07) is 6.20. The Morgan fingerprint density at radius 1 is 1.10 bits per heavy atom. The lowest BCUT2D eigenvalue weighted by Crippen LogP contribution is -2.06. The first-order valence-corrected chi connectivity index (χ1v) is 6.86. The molecule has 112 valence electrons. The molecule has 2 rings (SSSR count). The fourth-order valence-corrected chi connectivity index (χ4v) is 2.55. The molecule has 0 radical (unpaired) electrons. The van der Waals surface area contributed by atoms with Crippen molar-refractivity contribution in [3.05, 3.63) is 63.4 Å². The molecule has 0 amide bonds. The van der Waals surface area contributed by atoms with E-state index in [4.69, 9.17) is 4.74 Å². The van der Waals surface area contributed by atoms with Crippen molar-refractivity contribution < 1.29 is 23.0 Å². The highest BCUT2D eigenvalue weighted by molar-refractivity contribution is 9.10. The lowest BCUT2D eigenvalue weighted by Gasteiger charge is -2.13. The zero-order valence-corrected chi connectivity index (χ0v) is 12.6. The highest BCUT2D eigenvalue weighted by Gasteiger charge is 2.17. The number of hydrogen-bond acceptors (Lipinski definition) is 2. The molecule has 0 aliphatic carbocycles. The van der Waals surface area contributed by atoms with Crippen LogP contribution < -0.4 is 4.74 Å². The number of methoxy groups -OCH3 is 1. The lowest BCUT2D eigenvalue weighted by atomic mass is 10.0. The van der Waals surface area contributed by atoms with Crippen LogP contribution in [0.3, 0.4) is 0 Å². The molecule has 1 atom stereocenters. The van der Waals surface area contributed by atoms with Gasteiger partial charge in [-0.2, -0.15) is 0 Å². The molecule has 2 aromatic rings. The molecule has 0 fully saturated rings. The third-order valence-corrected chi connectivity index (χ3v) is 3.66. The molecule has 0 aliphatic heterocycles. The minimum Gasteiger partial charge on any atom is -0.496 e. The van der Waals surface area contributed by atoms with Gasteiger partial charge in [0.25, 0.3) is 0 Å². The van der Waals surface area contributed by atoms with E-state index in [9.17, 15) is 18.3 Å². The van der Waals surface area contributed by atoms with Gasteiger partial charge >= 0.3 is 0 Å². The van der Waals surface area contributed by atoms with E-state index in [2.05, 4.69) is 15.9 Å². The summed E-state index contributed by atoms with van der Waals surface area (Å²) in [5, 5.41) is 10.0. The zero-order chi connectivity index (χ0) is 15.6. The molecular formula is C15H12BrF3O2. The van der Waals surface area contributed by atoms with E-state index in [0.717, 1.165) is 0 Å². The van der Waals surface area contributed by atoms with Crippen LogP contribution in [0.1, 0.15) is 17.2 Å². The lowest BCUT2D eigenvalue weighted by molar-refractivity contribution is 0.172. The molecule has 1 N–H and O–H groups in total. The molecular weight excluding hydrogens is 349 g/mol. The van der Waals surface area contributed by atoms with Crippen molar-refractivity contribution in [2.24, 2.45) is 0 Å². The number of benzene rings is 2. The van der Waals surface area contributed by atoms with Crippen LogP contribution in [-0.4, -0.2) is 12.2 Å². The topological polar surface area (TPSA) is 29.5 Å². The SMILES string of the molecule is COc1ccc(CC(O)c2cc(F)c(F)cc2F)cc1Br. The van der Waals surface area contributed by atoms with Crippen LogP contribution in [0.2, 0.25) is 0 Å². The average Bonchev–Trinajstić information content (AvgIpc) is 2.43. The van der Waals surface area contributed by atoms with Crippen molar-refractivity contribution >= 4 is 15.9 Å². The van der Waals surface area contributed by atoms with E-state index >= 15 is 0 Å². The second-order valence-electron chi connectivity index (χ2n) is 4.48. The van der Waals surface area contributed by atoms with Crippen LogP contribution in [-0.2, 0) is 6.42 Å². The number of aliphatic hydroxyl groups excluding tert-OH is 1. The van der Waals surface area contributed by atoms with Gasteiger partial charge in [0.15, 0.2) is 11.6 Å². The first-order valence-electron chi connectivity index (χ1n) is 6.07. The molecule has 1 unspecified atom stereocenters. The van der Waals surface area contributed by atoms with Gasteiger partial charge in [0, 0.05) is 18.1 Å². The molecule has 0 saturated carbocycles. The fraction of sp³-hybridized carbons (Fsp3) is 0.200. The smallest absolute Gasteiger partial charge is 0.161 e. The van der Waals surface area contributed by atoms with Gasteiger partial charge in [-0.3, -0.25) is 0 Å². The molecule has 21 heavy (non-hydrogen) atoms. The highest BCUT2D eigenvalue weighted by Crippen LogP contribution is 2.29. The van der Waals surface area contributed by atoms with Crippen LogP contribution in [0, 0.1) is 17.5 Å². The van der Waals surface area contributed by atoms with E-state index in [-0.39, 0.29) is 12.0 Å². The summed E-state index contributed by atoms with van der Waals surface area (Å²) in [5.74, 6) is -2.83. The van der Waals surface area contributed by atoms with Crippen LogP contribution >= 0.6 is 15.9 Å². The van der Waals surface area contributed by atoms with Crippen molar-refractivity contribution in [3.63, 3.8) is 0 Å². The second kappa shape index (κ2) is 6.49. The maximum Gasteiger partial charge on any atom is 0.161 e. The Balaban J connectivity index is 2.23. The van der Waals surface area contributed by atoms with Crippen molar-refractivity contribution in [1.82, 2.24) is 0 Å². The Morgan fingerprint density at radius 2 is 1.76 bits per heavy atom. The number of hydrogen-bond donors (Lipinski definition) is 1. The van der Waals surface area contributed by atoms with Gasteiger partial charge in [-0.05, 0) is 39.7 Å². The van der Waals surface area contributed by atoms with Crippen LogP contribution in [0.4, 0.5) is 13.2 Å². The normalized spacial score (nSPS) is 12.3. The predicted octanol–water partition coefficient (Wildman–Crippen LogP) is 4.15. The third kappa shape index (κ3) is 3.57. The molecule has 0 aliphatic rings. The van der Waals surface area contributed by atoms with E-state index in [1.807, 2.05) is 0 Å². The summed E-state index contributed by atoms with van der Waals surface area (Å²) in [5.41, 5.74) is 0.417. The first-order chi connectivity index (χ1) is 9.92. The Labute approximate surface area is 128 Å². The molecule has 6 heteroatoms. The number of halogens is 4. The Morgan fingerprint density at radius 3 is 2.38 bits per heavy atom. The third-order valence-electron chi connectivity index (χ3n) is 3.04. The van der Waals surface area contributed by atoms with Crippen molar-refractivity contribution in [2.45, 2.75) is 12.5 Å². The molecule has 2 aromatic carbocycles. The van der Waals surface area contributed by atoms with Gasteiger partial charge in [-0.15, -0.1) is 0 Å². The number of aliphatic hydroxyl groups is 1. The predicted molar refractivity (Wildman–Crippen MR) is 75.7 cm³/mol. The van der Waals surface area contributed by atoms with E-state index < -0.39 is 23.6 Å². The zero-order valence-electron chi connectivity index (χ0n) is 11.0. The fourth-order valence-electron chi connectivity index (χ4n) is 1.96. The van der Waals surface area contributed by atoms with Gasteiger partial charge in [0.1, 0.15) is 11.6 Å². The molecule has 0 spiro atoms. The Bertz CT molecular complexity index is 662. The minimum absolute atomic E-state index is 0.0601. The monoisotopic (exact) mass is 360 g/mol. The van der Waals surface area contributed by atoms with Gasteiger partial charge in [-0.25, -0.2) is 13.2 Å². The first kappa shape index (κ1) is 15.9. The standard InChI is InChI=1S/C15H12BrF3O2/c1-21-15-3-2-8(4-10(15)16)5-14(20)9-6-12(18)13(19)7-11(9)17/h2-4,6-7,14,20H,5H2,1H3. The molecule has 0 saturated heterocycles. The highest BCUT2D eigenvalue weighted by atomic mass is 79.9. The summed E-state index contributed by atoms with van der Waals surface area (Å²) >= 11 is 3.30. The average molecular weight is 361 g/mol. The summed E-state index contributed by atoms with van der Waals surface area (Å²) in [4.78, 5) is 0. The van der Waals surface area contributed by atoms with Crippen molar-refractivity contribution in [1.29, 1.82) is 0 Å². The van der Waals surface area contributed by atoms with E-state index in [0.29, 0.717) is 27.9 Å². The second-order valence-corrected chi connectivity index (χ2v) is 5.33. The summed E-state index contributed by atoms with van der Waals surface area (Å²) < 4.78 is 45.4. The molecule has 0 bridgehead atoms. The van der Waals surface area contributed by atoms with Crippen molar-refractivity contribution in [2.75, 3.05) is 7.11 Å². The van der Waals surface area contributed by atoms with Crippen molar-refractivity contribution in [3.8, 4) is 5.75 Å². The Hall–Kier alpha value is -1.53. The quantitative estimate of drug-likeness (QED) is 0.830. The number of rotatable bonds is 4. The molecule has 0 aromatic heterocycles. The maximum atomic E-state index is 13.6. The molecule has 0 heterocycles.